The highest BCUT2D eigenvalue weighted by Crippen LogP contribution is 2.27. The van der Waals surface area contributed by atoms with E-state index in [0.29, 0.717) is 5.52 Å². The van der Waals surface area contributed by atoms with Gasteiger partial charge in [0.25, 0.3) is 0 Å². The van der Waals surface area contributed by atoms with Crippen molar-refractivity contribution in [1.82, 2.24) is 9.55 Å². The number of benzene rings is 1. The third kappa shape index (κ3) is 2.63. The Morgan fingerprint density at radius 3 is 2.50 bits per heavy atom. The maximum absolute atomic E-state index is 13.7. The van der Waals surface area contributed by atoms with Crippen molar-refractivity contribution >= 4 is 11.0 Å². The molecule has 0 saturated carbocycles. The molecule has 0 fully saturated rings. The lowest BCUT2D eigenvalue weighted by atomic mass is 10.2. The summed E-state index contributed by atoms with van der Waals surface area (Å²) in [7, 11) is 0. The number of halogens is 4. The van der Waals surface area contributed by atoms with Crippen LogP contribution in [0.4, 0.5) is 17.6 Å². The van der Waals surface area contributed by atoms with Gasteiger partial charge in [-0.15, -0.1) is 0 Å². The summed E-state index contributed by atoms with van der Waals surface area (Å²) in [6.45, 7) is 3.52. The molecule has 2 aromatic rings. The van der Waals surface area contributed by atoms with Gasteiger partial charge in [-0.2, -0.15) is 13.2 Å². The first-order valence-corrected chi connectivity index (χ1v) is 6.12. The van der Waals surface area contributed by atoms with Gasteiger partial charge in [0.05, 0.1) is 5.52 Å². The Bertz CT molecular complexity index is 619. The third-order valence-corrected chi connectivity index (χ3v) is 3.01. The van der Waals surface area contributed by atoms with Crippen LogP contribution < -0.4 is 0 Å². The van der Waals surface area contributed by atoms with Gasteiger partial charge in [0.15, 0.2) is 11.9 Å². The SMILES string of the molecule is CC(C)n1c(CC(O)C(F)(F)F)nc2c(F)cccc21. The van der Waals surface area contributed by atoms with E-state index >= 15 is 0 Å². The minimum atomic E-state index is -4.72. The largest absolute Gasteiger partial charge is 0.414 e. The predicted octanol–water partition coefficient (Wildman–Crippen LogP) is 3.22. The van der Waals surface area contributed by atoms with Crippen LogP contribution in [0, 0.1) is 5.82 Å². The summed E-state index contributed by atoms with van der Waals surface area (Å²) in [5.74, 6) is -0.574. The monoisotopic (exact) mass is 290 g/mol. The zero-order valence-electron chi connectivity index (χ0n) is 10.9. The predicted molar refractivity (Wildman–Crippen MR) is 65.8 cm³/mol. The summed E-state index contributed by atoms with van der Waals surface area (Å²) >= 11 is 0. The molecule has 3 nitrogen and oxygen atoms in total. The van der Waals surface area contributed by atoms with E-state index in [1.54, 1.807) is 19.9 Å². The Morgan fingerprint density at radius 2 is 1.95 bits per heavy atom. The van der Waals surface area contributed by atoms with Gasteiger partial charge in [-0.25, -0.2) is 9.37 Å². The number of fused-ring (bicyclic) bond motifs is 1. The first kappa shape index (κ1) is 14.8. The molecule has 1 aromatic carbocycles. The molecule has 0 aliphatic carbocycles. The van der Waals surface area contributed by atoms with Crippen LogP contribution in [0.15, 0.2) is 18.2 Å². The molecule has 0 saturated heterocycles. The summed E-state index contributed by atoms with van der Waals surface area (Å²) in [6.07, 6.45) is -7.94. The zero-order valence-corrected chi connectivity index (χ0v) is 10.9. The Hall–Kier alpha value is -1.63. The highest BCUT2D eigenvalue weighted by atomic mass is 19.4. The highest BCUT2D eigenvalue weighted by Gasteiger charge is 2.39. The average Bonchev–Trinajstić information content (AvgIpc) is 2.67. The van der Waals surface area contributed by atoms with E-state index in [9.17, 15) is 17.6 Å². The van der Waals surface area contributed by atoms with Crippen molar-refractivity contribution in [2.75, 3.05) is 0 Å². The standard InChI is InChI=1S/C13H14F4N2O/c1-7(2)19-9-5-3-4-8(14)12(9)18-11(19)6-10(20)13(15,16)17/h3-5,7,10,20H,6H2,1-2H3. The van der Waals surface area contributed by atoms with E-state index in [1.807, 2.05) is 0 Å². The van der Waals surface area contributed by atoms with Crippen LogP contribution in [0.25, 0.3) is 11.0 Å². The third-order valence-electron chi connectivity index (χ3n) is 3.01. The first-order chi connectivity index (χ1) is 9.21. The van der Waals surface area contributed by atoms with Crippen molar-refractivity contribution in [2.24, 2.45) is 0 Å². The molecule has 20 heavy (non-hydrogen) atoms. The number of aromatic nitrogens is 2. The number of alkyl halides is 3. The van der Waals surface area contributed by atoms with Crippen LogP contribution >= 0.6 is 0 Å². The summed E-state index contributed by atoms with van der Waals surface area (Å²) in [4.78, 5) is 3.91. The minimum Gasteiger partial charge on any atom is -0.383 e. The molecule has 0 aliphatic rings. The van der Waals surface area contributed by atoms with Gasteiger partial charge in [-0.05, 0) is 26.0 Å². The Balaban J connectivity index is 2.53. The van der Waals surface area contributed by atoms with Crippen LogP contribution in [0.5, 0.6) is 0 Å². The van der Waals surface area contributed by atoms with Crippen molar-refractivity contribution in [1.29, 1.82) is 0 Å². The van der Waals surface area contributed by atoms with E-state index in [-0.39, 0.29) is 17.4 Å². The summed E-state index contributed by atoms with van der Waals surface area (Å²) < 4.78 is 52.5. The molecule has 1 aromatic heterocycles. The van der Waals surface area contributed by atoms with Crippen LogP contribution in [-0.4, -0.2) is 26.9 Å². The van der Waals surface area contributed by atoms with Gasteiger partial charge in [0.2, 0.25) is 0 Å². The van der Waals surface area contributed by atoms with Gasteiger partial charge in [-0.1, -0.05) is 6.07 Å². The quantitative estimate of drug-likeness (QED) is 0.881. The van der Waals surface area contributed by atoms with E-state index < -0.39 is 24.5 Å². The topological polar surface area (TPSA) is 38.0 Å². The fourth-order valence-corrected chi connectivity index (χ4v) is 2.14. The molecule has 0 bridgehead atoms. The molecular weight excluding hydrogens is 276 g/mol. The molecule has 7 heteroatoms. The number of para-hydroxylation sites is 1. The Kier molecular flexibility index (Phi) is 3.73. The molecule has 110 valence electrons. The Labute approximate surface area is 112 Å². The number of hydrogen-bond acceptors (Lipinski definition) is 2. The second-order valence-corrected chi connectivity index (χ2v) is 4.86. The van der Waals surface area contributed by atoms with Crippen LogP contribution in [0.2, 0.25) is 0 Å². The second-order valence-electron chi connectivity index (χ2n) is 4.86. The van der Waals surface area contributed by atoms with E-state index in [4.69, 9.17) is 5.11 Å². The fourth-order valence-electron chi connectivity index (χ4n) is 2.14. The van der Waals surface area contributed by atoms with Crippen molar-refractivity contribution in [3.8, 4) is 0 Å². The maximum atomic E-state index is 13.7. The van der Waals surface area contributed by atoms with Crippen molar-refractivity contribution in [3.05, 3.63) is 29.8 Å². The molecule has 1 unspecified atom stereocenters. The number of aliphatic hydroxyl groups is 1. The molecule has 0 spiro atoms. The lowest BCUT2D eigenvalue weighted by Gasteiger charge is -2.17. The summed E-state index contributed by atoms with van der Waals surface area (Å²) in [5.41, 5.74) is 0.440. The van der Waals surface area contributed by atoms with E-state index in [1.165, 1.54) is 16.7 Å². The van der Waals surface area contributed by atoms with Crippen molar-refractivity contribution in [2.45, 2.75) is 38.6 Å². The molecule has 1 atom stereocenters. The normalized spacial score (nSPS) is 14.2. The molecule has 1 N–H and O–H groups in total. The first-order valence-electron chi connectivity index (χ1n) is 6.12. The van der Waals surface area contributed by atoms with Crippen molar-refractivity contribution < 1.29 is 22.7 Å². The number of hydrogen-bond donors (Lipinski definition) is 1. The number of imidazole rings is 1. The van der Waals surface area contributed by atoms with Crippen LogP contribution in [0.3, 0.4) is 0 Å². The van der Waals surface area contributed by atoms with Gasteiger partial charge in [-0.3, -0.25) is 0 Å². The number of nitrogens with zero attached hydrogens (tertiary/aromatic N) is 2. The van der Waals surface area contributed by atoms with E-state index in [0.717, 1.165) is 0 Å². The second kappa shape index (κ2) is 5.05. The van der Waals surface area contributed by atoms with Gasteiger partial charge in [0, 0.05) is 12.5 Å². The lowest BCUT2D eigenvalue weighted by Crippen LogP contribution is -2.31. The van der Waals surface area contributed by atoms with Crippen molar-refractivity contribution in [3.63, 3.8) is 0 Å². The van der Waals surface area contributed by atoms with Gasteiger partial charge < -0.3 is 9.67 Å². The van der Waals surface area contributed by atoms with Crippen LogP contribution in [-0.2, 0) is 6.42 Å². The average molecular weight is 290 g/mol. The Morgan fingerprint density at radius 1 is 1.30 bits per heavy atom. The number of aliphatic hydroxyl groups excluding tert-OH is 1. The minimum absolute atomic E-state index is 0.0184. The molecule has 0 radical (unpaired) electrons. The molecule has 0 amide bonds. The molecule has 2 rings (SSSR count). The fraction of sp³-hybridized carbons (Fsp3) is 0.462. The smallest absolute Gasteiger partial charge is 0.383 e. The molecule has 0 aliphatic heterocycles. The highest BCUT2D eigenvalue weighted by molar-refractivity contribution is 5.76. The number of rotatable bonds is 3. The maximum Gasteiger partial charge on any atom is 0.414 e. The van der Waals surface area contributed by atoms with Gasteiger partial charge >= 0.3 is 6.18 Å². The summed E-state index contributed by atoms with van der Waals surface area (Å²) in [6, 6.07) is 4.07. The van der Waals surface area contributed by atoms with E-state index in [2.05, 4.69) is 4.98 Å². The van der Waals surface area contributed by atoms with Crippen LogP contribution in [0.1, 0.15) is 25.7 Å². The molecular formula is C13H14F4N2O. The summed E-state index contributed by atoms with van der Waals surface area (Å²) in [5, 5.41) is 9.17. The lowest BCUT2D eigenvalue weighted by molar-refractivity contribution is -0.203. The zero-order chi connectivity index (χ0) is 15.1. The molecule has 1 heterocycles. The van der Waals surface area contributed by atoms with Gasteiger partial charge in [0.1, 0.15) is 11.3 Å².